The lowest BCUT2D eigenvalue weighted by atomic mass is 9.91. The van der Waals surface area contributed by atoms with Crippen LogP contribution in [0.2, 0.25) is 0 Å². The van der Waals surface area contributed by atoms with Gasteiger partial charge in [0.05, 0.1) is 0 Å². The number of amides is 2. The van der Waals surface area contributed by atoms with Gasteiger partial charge in [-0.2, -0.15) is 0 Å². The number of likely N-dealkylation sites (tertiary alicyclic amines) is 1. The summed E-state index contributed by atoms with van der Waals surface area (Å²) in [6.45, 7) is 2.19. The Morgan fingerprint density at radius 2 is 1.81 bits per heavy atom. The highest BCUT2D eigenvalue weighted by Crippen LogP contribution is 2.42. The number of carbonyl (C=O) groups is 4. The van der Waals surface area contributed by atoms with E-state index in [-0.39, 0.29) is 18.4 Å². The highest BCUT2D eigenvalue weighted by atomic mass is 19.1. The first-order valence-corrected chi connectivity index (χ1v) is 7.63. The number of carbonyl (C=O) groups excluding carboxylic acids is 4. The summed E-state index contributed by atoms with van der Waals surface area (Å²) in [7, 11) is 0. The van der Waals surface area contributed by atoms with Crippen LogP contribution in [0.25, 0.3) is 0 Å². The van der Waals surface area contributed by atoms with Crippen LogP contribution in [0, 0.1) is 11.6 Å². The number of ketones is 1. The maximum Gasteiger partial charge on any atom is 0.308 e. The van der Waals surface area contributed by atoms with E-state index in [1.54, 1.807) is 0 Å². The Labute approximate surface area is 146 Å². The number of imide groups is 1. The highest BCUT2D eigenvalue weighted by molar-refractivity contribution is 6.08. The van der Waals surface area contributed by atoms with Gasteiger partial charge in [-0.3, -0.25) is 19.2 Å². The molecule has 1 fully saturated rings. The number of esters is 1. The second-order valence-electron chi connectivity index (χ2n) is 5.94. The molecule has 1 aromatic rings. The second-order valence-corrected chi connectivity index (χ2v) is 5.94. The topological polar surface area (TPSA) is 90.0 Å². The summed E-state index contributed by atoms with van der Waals surface area (Å²) < 4.78 is 37.7. The van der Waals surface area contributed by atoms with Crippen molar-refractivity contribution in [2.75, 3.05) is 0 Å². The Kier molecular flexibility index (Phi) is 4.09. The van der Waals surface area contributed by atoms with Crippen molar-refractivity contribution in [3.8, 4) is 0 Å². The van der Waals surface area contributed by atoms with E-state index in [9.17, 15) is 28.0 Å². The Balaban J connectivity index is 2.11. The largest absolute Gasteiger partial charge is 0.456 e. The molecule has 0 radical (unpaired) electrons. The van der Waals surface area contributed by atoms with E-state index in [0.717, 1.165) is 19.1 Å². The summed E-state index contributed by atoms with van der Waals surface area (Å²) in [6.07, 6.45) is -0.205. The van der Waals surface area contributed by atoms with Gasteiger partial charge in [-0.15, -0.1) is 0 Å². The van der Waals surface area contributed by atoms with Gasteiger partial charge in [0, 0.05) is 31.4 Å². The van der Waals surface area contributed by atoms with Crippen LogP contribution in [-0.2, 0) is 34.3 Å². The molecule has 1 atom stereocenters. The quantitative estimate of drug-likeness (QED) is 0.598. The number of ether oxygens (including phenoxy) is 2. The van der Waals surface area contributed by atoms with E-state index in [4.69, 9.17) is 9.47 Å². The van der Waals surface area contributed by atoms with Gasteiger partial charge < -0.3 is 9.47 Å². The molecule has 2 aliphatic rings. The number of benzene rings is 1. The number of halogens is 2. The van der Waals surface area contributed by atoms with E-state index >= 15 is 0 Å². The van der Waals surface area contributed by atoms with Gasteiger partial charge in [-0.25, -0.2) is 13.7 Å². The van der Waals surface area contributed by atoms with Crippen molar-refractivity contribution in [3.05, 3.63) is 47.0 Å². The third kappa shape index (κ3) is 2.65. The monoisotopic (exact) mass is 365 g/mol. The molecular formula is C17H13F2NO6. The van der Waals surface area contributed by atoms with Gasteiger partial charge in [0.25, 0.3) is 11.7 Å². The molecule has 26 heavy (non-hydrogen) atoms. The van der Waals surface area contributed by atoms with Crippen molar-refractivity contribution in [2.24, 2.45) is 0 Å². The lowest BCUT2D eigenvalue weighted by molar-refractivity contribution is -0.144. The van der Waals surface area contributed by atoms with Gasteiger partial charge in [0.2, 0.25) is 23.2 Å². The average molecular weight is 365 g/mol. The minimum absolute atomic E-state index is 0.102. The smallest absolute Gasteiger partial charge is 0.308 e. The fraction of sp³-hybridized carbons (Fsp3) is 0.294. The summed E-state index contributed by atoms with van der Waals surface area (Å²) in [5.41, 5.74) is -2.37. The van der Waals surface area contributed by atoms with E-state index in [1.807, 2.05) is 0 Å². The molecule has 1 saturated heterocycles. The number of hydrogen-bond donors (Lipinski definition) is 0. The predicted molar refractivity (Wildman–Crippen MR) is 79.7 cm³/mol. The molecule has 0 aromatic heterocycles. The third-order valence-electron chi connectivity index (χ3n) is 4.08. The highest BCUT2D eigenvalue weighted by Gasteiger charge is 2.54. The minimum atomic E-state index is -2.04. The summed E-state index contributed by atoms with van der Waals surface area (Å²) in [5.74, 6) is -6.33. The van der Waals surface area contributed by atoms with E-state index in [1.165, 1.54) is 6.92 Å². The standard InChI is InChI=1S/C17H13F2NO6/c1-8(21)25-14-15(24)17(2,10-4-3-9(18)7-11(10)19)26-16(14)20-12(22)5-6-13(20)23/h3-4,7H,5-6H2,1-2H3. The molecule has 1 aromatic carbocycles. The molecule has 3 rings (SSSR count). The predicted octanol–water partition coefficient (Wildman–Crippen LogP) is 1.66. The van der Waals surface area contributed by atoms with E-state index < -0.39 is 52.4 Å². The van der Waals surface area contributed by atoms with Crippen molar-refractivity contribution in [3.63, 3.8) is 0 Å². The molecule has 1 unspecified atom stereocenters. The van der Waals surface area contributed by atoms with Crippen molar-refractivity contribution in [1.29, 1.82) is 0 Å². The third-order valence-corrected chi connectivity index (χ3v) is 4.08. The maximum absolute atomic E-state index is 14.2. The lowest BCUT2D eigenvalue weighted by Crippen LogP contribution is -2.34. The molecule has 7 nitrogen and oxygen atoms in total. The SMILES string of the molecule is CC(=O)OC1=C(N2C(=O)CCC2=O)OC(C)(c2ccc(F)cc2F)C1=O. The zero-order valence-electron chi connectivity index (χ0n) is 13.8. The van der Waals surface area contributed by atoms with Crippen molar-refractivity contribution in [1.82, 2.24) is 4.90 Å². The molecule has 2 heterocycles. The van der Waals surface area contributed by atoms with Crippen molar-refractivity contribution in [2.45, 2.75) is 32.3 Å². The minimum Gasteiger partial charge on any atom is -0.456 e. The molecule has 0 aliphatic carbocycles. The van der Waals surface area contributed by atoms with Crippen LogP contribution in [-0.4, -0.2) is 28.5 Å². The summed E-state index contributed by atoms with van der Waals surface area (Å²) in [5, 5.41) is 0. The summed E-state index contributed by atoms with van der Waals surface area (Å²) >= 11 is 0. The number of rotatable bonds is 3. The number of Topliss-reactive ketones (excluding diaryl/α,β-unsaturated/α-hetero) is 1. The number of nitrogens with zero attached hydrogens (tertiary/aromatic N) is 1. The van der Waals surface area contributed by atoms with Gasteiger partial charge in [0.15, 0.2) is 0 Å². The van der Waals surface area contributed by atoms with Crippen LogP contribution in [0.3, 0.4) is 0 Å². The molecular weight excluding hydrogens is 352 g/mol. The molecule has 2 aliphatic heterocycles. The van der Waals surface area contributed by atoms with Crippen LogP contribution in [0.15, 0.2) is 29.8 Å². The zero-order valence-corrected chi connectivity index (χ0v) is 13.8. The normalized spacial score (nSPS) is 22.9. The van der Waals surface area contributed by atoms with Gasteiger partial charge in [-0.05, 0) is 19.1 Å². The fourth-order valence-electron chi connectivity index (χ4n) is 2.84. The van der Waals surface area contributed by atoms with Gasteiger partial charge in [0.1, 0.15) is 11.6 Å². The molecule has 0 bridgehead atoms. The summed E-state index contributed by atoms with van der Waals surface area (Å²) in [6, 6.07) is 2.49. The lowest BCUT2D eigenvalue weighted by Gasteiger charge is -2.25. The van der Waals surface area contributed by atoms with Gasteiger partial charge in [-0.1, -0.05) is 0 Å². The fourth-order valence-corrected chi connectivity index (χ4v) is 2.84. The zero-order chi connectivity index (χ0) is 19.2. The van der Waals surface area contributed by atoms with Crippen molar-refractivity contribution >= 4 is 23.6 Å². The molecule has 2 amide bonds. The Morgan fingerprint density at radius 3 is 2.35 bits per heavy atom. The maximum atomic E-state index is 14.2. The number of hydrogen-bond acceptors (Lipinski definition) is 6. The molecule has 136 valence electrons. The molecule has 0 saturated carbocycles. The average Bonchev–Trinajstić information content (AvgIpc) is 2.99. The van der Waals surface area contributed by atoms with Crippen molar-refractivity contribution < 1.29 is 37.4 Å². The molecule has 9 heteroatoms. The van der Waals surface area contributed by atoms with E-state index in [2.05, 4.69) is 0 Å². The Hall–Kier alpha value is -3.10. The Morgan fingerprint density at radius 1 is 1.19 bits per heavy atom. The summed E-state index contributed by atoms with van der Waals surface area (Å²) in [4.78, 5) is 48.7. The second kappa shape index (κ2) is 6.01. The molecule has 0 N–H and O–H groups in total. The van der Waals surface area contributed by atoms with Gasteiger partial charge >= 0.3 is 5.97 Å². The van der Waals surface area contributed by atoms with Crippen LogP contribution in [0.4, 0.5) is 8.78 Å². The first kappa shape index (κ1) is 17.7. The first-order chi connectivity index (χ1) is 12.1. The van der Waals surface area contributed by atoms with Crippen LogP contribution >= 0.6 is 0 Å². The molecule has 0 spiro atoms. The van der Waals surface area contributed by atoms with E-state index in [0.29, 0.717) is 11.0 Å². The van der Waals surface area contributed by atoms with Crippen LogP contribution < -0.4 is 0 Å². The van der Waals surface area contributed by atoms with Crippen LogP contribution in [0.1, 0.15) is 32.3 Å². The Bertz CT molecular complexity index is 877. The first-order valence-electron chi connectivity index (χ1n) is 7.63. The van der Waals surface area contributed by atoms with Crippen LogP contribution in [0.5, 0.6) is 0 Å².